The lowest BCUT2D eigenvalue weighted by Gasteiger charge is -2.33. The fourth-order valence-electron chi connectivity index (χ4n) is 2.47. The normalized spacial score (nSPS) is 20.9. The number of carbonyl (C=O) groups excluding carboxylic acids is 4. The summed E-state index contributed by atoms with van der Waals surface area (Å²) in [4.78, 5) is 53.5. The van der Waals surface area contributed by atoms with Crippen LogP contribution in [0, 0.1) is 5.92 Å². The van der Waals surface area contributed by atoms with Crippen LogP contribution in [0.25, 0.3) is 0 Å². The number of benzene rings is 1. The molecule has 1 saturated heterocycles. The second-order valence-electron chi connectivity index (χ2n) is 5.96. The highest BCUT2D eigenvalue weighted by Crippen LogP contribution is 2.22. The molecule has 3 atom stereocenters. The van der Waals surface area contributed by atoms with Crippen molar-refractivity contribution in [3.63, 3.8) is 0 Å². The minimum Gasteiger partial charge on any atom is -0.464 e. The molecule has 2 rings (SSSR count). The summed E-state index contributed by atoms with van der Waals surface area (Å²) in [5.41, 5.74) is 6.58. The minimum atomic E-state index is -1.32. The van der Waals surface area contributed by atoms with Crippen LogP contribution in [0.1, 0.15) is 25.8 Å². The van der Waals surface area contributed by atoms with E-state index < -0.39 is 41.8 Å². The van der Waals surface area contributed by atoms with Gasteiger partial charge in [0.05, 0.1) is 12.5 Å². The summed E-state index contributed by atoms with van der Waals surface area (Å²) in [6, 6.07) is 7.64. The van der Waals surface area contributed by atoms with Gasteiger partial charge < -0.3 is 15.2 Å². The molecule has 1 aromatic rings. The molecule has 0 bridgehead atoms. The summed E-state index contributed by atoms with van der Waals surface area (Å²) in [6.45, 7) is 3.09. The molecule has 0 aromatic heterocycles. The van der Waals surface area contributed by atoms with Crippen LogP contribution >= 0.6 is 0 Å². The third-order valence-corrected chi connectivity index (χ3v) is 3.95. The molecule has 1 heterocycles. The fourth-order valence-corrected chi connectivity index (χ4v) is 2.47. The Morgan fingerprint density at radius 1 is 1.22 bits per heavy atom. The van der Waals surface area contributed by atoms with Crippen LogP contribution in [0.15, 0.2) is 30.3 Å². The fraction of sp³-hybridized carbons (Fsp3) is 0.444. The first-order valence-electron chi connectivity index (χ1n) is 8.51. The molecule has 2 N–H and O–H groups in total. The predicted octanol–water partition coefficient (Wildman–Crippen LogP) is 0.315. The first-order chi connectivity index (χ1) is 12.8. The topological polar surface area (TPSA) is 125 Å². The Morgan fingerprint density at radius 3 is 2.52 bits per heavy atom. The van der Waals surface area contributed by atoms with E-state index in [-0.39, 0.29) is 19.6 Å². The molecule has 2 unspecified atom stereocenters. The van der Waals surface area contributed by atoms with E-state index in [0.717, 1.165) is 5.56 Å². The summed E-state index contributed by atoms with van der Waals surface area (Å²) in [5, 5.41) is 0.424. The van der Waals surface area contributed by atoms with Gasteiger partial charge in [0.2, 0.25) is 0 Å². The van der Waals surface area contributed by atoms with E-state index in [4.69, 9.17) is 20.0 Å². The lowest BCUT2D eigenvalue weighted by atomic mass is 9.92. The zero-order chi connectivity index (χ0) is 20.0. The SMILES string of the molecule is CCOC(=O)[C@H](C)ON1C(=O)CC(C(=O)OCc2ccccc2)C(N)C1=O. The van der Waals surface area contributed by atoms with Gasteiger partial charge in [-0.2, -0.15) is 5.06 Å². The average molecular weight is 378 g/mol. The van der Waals surface area contributed by atoms with Gasteiger partial charge in [-0.1, -0.05) is 30.3 Å². The zero-order valence-corrected chi connectivity index (χ0v) is 15.1. The molecule has 2 amide bonds. The molecule has 9 nitrogen and oxygen atoms in total. The number of esters is 2. The Labute approximate surface area is 156 Å². The van der Waals surface area contributed by atoms with Gasteiger partial charge in [0.15, 0.2) is 6.10 Å². The Bertz CT molecular complexity index is 707. The number of hydroxylamine groups is 2. The van der Waals surface area contributed by atoms with Crippen LogP contribution in [0.5, 0.6) is 0 Å². The summed E-state index contributed by atoms with van der Waals surface area (Å²) in [5.74, 6) is -4.28. The summed E-state index contributed by atoms with van der Waals surface area (Å²) in [7, 11) is 0. The van der Waals surface area contributed by atoms with E-state index in [2.05, 4.69) is 0 Å². The monoisotopic (exact) mass is 378 g/mol. The van der Waals surface area contributed by atoms with Crippen LogP contribution in [-0.2, 0) is 40.1 Å². The second-order valence-corrected chi connectivity index (χ2v) is 5.96. The van der Waals surface area contributed by atoms with Crippen molar-refractivity contribution in [1.29, 1.82) is 0 Å². The van der Waals surface area contributed by atoms with Crippen molar-refractivity contribution in [2.75, 3.05) is 6.61 Å². The molecule has 0 saturated carbocycles. The predicted molar refractivity (Wildman–Crippen MR) is 91.4 cm³/mol. The van der Waals surface area contributed by atoms with Gasteiger partial charge in [0.25, 0.3) is 11.8 Å². The molecule has 0 aliphatic carbocycles. The number of hydrogen-bond acceptors (Lipinski definition) is 8. The maximum atomic E-state index is 12.3. The van der Waals surface area contributed by atoms with Gasteiger partial charge in [0, 0.05) is 6.42 Å². The number of piperidine rings is 1. The maximum Gasteiger partial charge on any atom is 0.337 e. The van der Waals surface area contributed by atoms with Crippen molar-refractivity contribution in [2.24, 2.45) is 11.7 Å². The largest absolute Gasteiger partial charge is 0.464 e. The van der Waals surface area contributed by atoms with E-state index in [1.165, 1.54) is 6.92 Å². The van der Waals surface area contributed by atoms with E-state index in [9.17, 15) is 19.2 Å². The van der Waals surface area contributed by atoms with Crippen molar-refractivity contribution in [3.05, 3.63) is 35.9 Å². The van der Waals surface area contributed by atoms with Crippen molar-refractivity contribution >= 4 is 23.8 Å². The number of imide groups is 1. The number of nitrogens with two attached hydrogens (primary N) is 1. The highest BCUT2D eigenvalue weighted by Gasteiger charge is 2.45. The number of ether oxygens (including phenoxy) is 2. The first kappa shape index (κ1) is 20.5. The van der Waals surface area contributed by atoms with E-state index in [0.29, 0.717) is 5.06 Å². The number of carbonyl (C=O) groups is 4. The van der Waals surface area contributed by atoms with Gasteiger partial charge in [-0.3, -0.25) is 14.4 Å². The quantitative estimate of drug-likeness (QED) is 0.531. The highest BCUT2D eigenvalue weighted by atomic mass is 16.7. The zero-order valence-electron chi connectivity index (χ0n) is 15.1. The van der Waals surface area contributed by atoms with Crippen molar-refractivity contribution in [3.8, 4) is 0 Å². The van der Waals surface area contributed by atoms with Crippen LogP contribution in [0.4, 0.5) is 0 Å². The molecule has 0 spiro atoms. The summed E-state index contributed by atoms with van der Waals surface area (Å²) >= 11 is 0. The number of amides is 2. The molecular weight excluding hydrogens is 356 g/mol. The van der Waals surface area contributed by atoms with Gasteiger partial charge in [-0.25, -0.2) is 9.63 Å². The minimum absolute atomic E-state index is 0.00534. The molecule has 1 aliphatic rings. The smallest absolute Gasteiger partial charge is 0.337 e. The van der Waals surface area contributed by atoms with Crippen molar-refractivity contribution < 1.29 is 33.5 Å². The lowest BCUT2D eigenvalue weighted by Crippen LogP contribution is -2.58. The molecule has 9 heteroatoms. The summed E-state index contributed by atoms with van der Waals surface area (Å²) in [6.07, 6.45) is -1.54. The second kappa shape index (κ2) is 9.24. The van der Waals surface area contributed by atoms with Gasteiger partial charge in [-0.15, -0.1) is 0 Å². The Balaban J connectivity index is 1.97. The number of hydrogen-bond donors (Lipinski definition) is 1. The summed E-state index contributed by atoms with van der Waals surface area (Å²) < 4.78 is 9.92. The first-order valence-corrected chi connectivity index (χ1v) is 8.51. The molecule has 27 heavy (non-hydrogen) atoms. The highest BCUT2D eigenvalue weighted by molar-refractivity contribution is 6.03. The van der Waals surface area contributed by atoms with Crippen LogP contribution in [0.3, 0.4) is 0 Å². The average Bonchev–Trinajstić information content (AvgIpc) is 2.67. The van der Waals surface area contributed by atoms with Crippen LogP contribution in [0.2, 0.25) is 0 Å². The van der Waals surface area contributed by atoms with Crippen molar-refractivity contribution in [1.82, 2.24) is 5.06 Å². The molecule has 1 aromatic carbocycles. The Hall–Kier alpha value is -2.78. The number of rotatable bonds is 7. The number of nitrogens with zero attached hydrogens (tertiary/aromatic N) is 1. The van der Waals surface area contributed by atoms with Gasteiger partial charge >= 0.3 is 11.9 Å². The van der Waals surface area contributed by atoms with Crippen LogP contribution < -0.4 is 5.73 Å². The van der Waals surface area contributed by atoms with E-state index >= 15 is 0 Å². The molecule has 1 aliphatic heterocycles. The van der Waals surface area contributed by atoms with Crippen LogP contribution in [-0.4, -0.2) is 47.6 Å². The van der Waals surface area contributed by atoms with Gasteiger partial charge in [-0.05, 0) is 19.4 Å². The Kier molecular flexibility index (Phi) is 7.03. The van der Waals surface area contributed by atoms with E-state index in [1.807, 2.05) is 6.07 Å². The molecule has 146 valence electrons. The standard InChI is InChI=1S/C18H22N2O7/c1-3-25-17(23)11(2)27-20-14(21)9-13(15(19)16(20)22)18(24)26-10-12-7-5-4-6-8-12/h4-8,11,13,15H,3,9-10,19H2,1-2H3/t11-,13?,15?/m0/s1. The third-order valence-electron chi connectivity index (χ3n) is 3.95. The molecular formula is C18H22N2O7. The molecule has 0 radical (unpaired) electrons. The molecule has 1 fully saturated rings. The lowest BCUT2D eigenvalue weighted by molar-refractivity contribution is -0.220. The maximum absolute atomic E-state index is 12.3. The third kappa shape index (κ3) is 5.11. The van der Waals surface area contributed by atoms with Crippen molar-refractivity contribution in [2.45, 2.75) is 39.0 Å². The van der Waals surface area contributed by atoms with E-state index in [1.54, 1.807) is 31.2 Å². The van der Waals surface area contributed by atoms with Gasteiger partial charge in [0.1, 0.15) is 12.6 Å². The Morgan fingerprint density at radius 2 is 1.89 bits per heavy atom.